The highest BCUT2D eigenvalue weighted by molar-refractivity contribution is 7.72. The van der Waals surface area contributed by atoms with Gasteiger partial charge in [0.25, 0.3) is 0 Å². The lowest BCUT2D eigenvalue weighted by atomic mass is 9.84. The van der Waals surface area contributed by atoms with E-state index in [0.717, 1.165) is 22.4 Å². The summed E-state index contributed by atoms with van der Waals surface area (Å²) in [6.07, 6.45) is 0.631. The van der Waals surface area contributed by atoms with Crippen LogP contribution in [0.1, 0.15) is 62.4 Å². The first-order valence-electron chi connectivity index (χ1n) is 11.0. The molecule has 0 saturated heterocycles. The molecule has 3 atom stereocenters. The van der Waals surface area contributed by atoms with E-state index in [1.54, 1.807) is 0 Å². The van der Waals surface area contributed by atoms with Gasteiger partial charge in [-0.15, -0.1) is 0 Å². The zero-order valence-corrected chi connectivity index (χ0v) is 20.3. The molecule has 0 heterocycles. The first kappa shape index (κ1) is 24.3. The molecule has 0 radical (unpaired) electrons. The zero-order valence-electron chi connectivity index (χ0n) is 19.4. The molecule has 3 N–H and O–H groups in total. The molecular weight excluding hydrogens is 424 g/mol. The molecule has 32 heavy (non-hydrogen) atoms. The number of rotatable bonds is 8. The quantitative estimate of drug-likeness (QED) is 0.455. The van der Waals surface area contributed by atoms with Gasteiger partial charge < -0.3 is 15.7 Å². The first-order chi connectivity index (χ1) is 15.0. The van der Waals surface area contributed by atoms with E-state index in [1.807, 2.05) is 44.2 Å². The van der Waals surface area contributed by atoms with E-state index < -0.39 is 16.1 Å². The van der Waals surface area contributed by atoms with Crippen molar-refractivity contribution in [2.24, 2.45) is 5.92 Å². The highest BCUT2D eigenvalue weighted by atomic mass is 32.2. The summed E-state index contributed by atoms with van der Waals surface area (Å²) in [7, 11) is -2.50. The Bertz CT molecular complexity index is 1050. The van der Waals surface area contributed by atoms with Gasteiger partial charge in [-0.1, -0.05) is 57.2 Å². The van der Waals surface area contributed by atoms with Crippen LogP contribution in [0.5, 0.6) is 0 Å². The Morgan fingerprint density at radius 3 is 2.38 bits per heavy atom. The van der Waals surface area contributed by atoms with Crippen LogP contribution in [0.3, 0.4) is 0 Å². The number of nitrogens with one attached hydrogen (secondary N) is 2. The summed E-state index contributed by atoms with van der Waals surface area (Å²) in [6.45, 7) is 10.2. The number of hydrogen-bond donors (Lipinski definition) is 4. The van der Waals surface area contributed by atoms with Crippen molar-refractivity contribution >= 4 is 22.3 Å². The van der Waals surface area contributed by atoms with Crippen LogP contribution < -0.4 is 10.6 Å². The number of carbonyl (C=O) groups excluding carboxylic acids is 1. The van der Waals surface area contributed by atoms with Crippen LogP contribution in [0.2, 0.25) is 0 Å². The maximum Gasteiger partial charge on any atom is 0.224 e. The maximum absolute atomic E-state index is 13.0. The maximum atomic E-state index is 13.0. The van der Waals surface area contributed by atoms with Crippen molar-refractivity contribution in [3.63, 3.8) is 0 Å². The van der Waals surface area contributed by atoms with Gasteiger partial charge in [0.1, 0.15) is 5.88 Å². The van der Waals surface area contributed by atoms with Crippen molar-refractivity contribution in [1.29, 1.82) is 0 Å². The van der Waals surface area contributed by atoms with E-state index in [-0.39, 0.29) is 35.8 Å². The van der Waals surface area contributed by atoms with E-state index in [4.69, 9.17) is 0 Å². The summed E-state index contributed by atoms with van der Waals surface area (Å²) in [4.78, 5) is 13.0. The van der Waals surface area contributed by atoms with Gasteiger partial charge in [-0.3, -0.25) is 4.79 Å². The molecule has 1 fully saturated rings. The Balaban J connectivity index is 1.67. The average Bonchev–Trinajstić information content (AvgIpc) is 3.48. The van der Waals surface area contributed by atoms with Crippen molar-refractivity contribution in [2.45, 2.75) is 57.9 Å². The van der Waals surface area contributed by atoms with E-state index in [0.29, 0.717) is 6.42 Å². The summed E-state index contributed by atoms with van der Waals surface area (Å²) in [5, 5.41) is 16.1. The third kappa shape index (κ3) is 5.15. The molecule has 1 aliphatic carbocycles. The van der Waals surface area contributed by atoms with Crippen LogP contribution in [-0.4, -0.2) is 31.9 Å². The molecule has 2 aromatic carbocycles. The summed E-state index contributed by atoms with van der Waals surface area (Å²) in [6, 6.07) is 13.7. The lowest BCUT2D eigenvalue weighted by molar-refractivity contribution is -0.123. The minimum atomic E-state index is -2.50. The smallest absolute Gasteiger partial charge is 0.224 e. The fourth-order valence-corrected chi connectivity index (χ4v) is 4.54. The van der Waals surface area contributed by atoms with Gasteiger partial charge in [0, 0.05) is 11.1 Å². The third-order valence-electron chi connectivity index (χ3n) is 6.51. The van der Waals surface area contributed by atoms with Gasteiger partial charge in [-0.05, 0) is 54.0 Å². The van der Waals surface area contributed by atoms with Gasteiger partial charge in [0.05, 0.1) is 18.6 Å². The SMILES string of the molecule is Cc1cc([C@@H](C)NC(=O)C2CC2(CO)c2ccc(C(C)(C)C)cc2)ccc1NC[SH](=O)=O. The third-order valence-corrected chi connectivity index (χ3v) is 6.92. The van der Waals surface area contributed by atoms with Gasteiger partial charge in [-0.25, -0.2) is 8.42 Å². The summed E-state index contributed by atoms with van der Waals surface area (Å²) >= 11 is 0. The second kappa shape index (κ2) is 9.24. The summed E-state index contributed by atoms with van der Waals surface area (Å²) in [5.41, 5.74) is 4.37. The molecule has 0 bridgehead atoms. The van der Waals surface area contributed by atoms with Crippen molar-refractivity contribution < 1.29 is 18.3 Å². The minimum Gasteiger partial charge on any atom is -0.395 e. The van der Waals surface area contributed by atoms with Crippen LogP contribution in [0, 0.1) is 12.8 Å². The molecule has 0 aliphatic heterocycles. The van der Waals surface area contributed by atoms with Gasteiger partial charge >= 0.3 is 0 Å². The number of aliphatic hydroxyl groups excluding tert-OH is 1. The second-order valence-corrected chi connectivity index (χ2v) is 10.9. The van der Waals surface area contributed by atoms with Crippen molar-refractivity contribution in [3.8, 4) is 0 Å². The molecular formula is C25H34N2O4S. The van der Waals surface area contributed by atoms with E-state index in [1.165, 1.54) is 5.56 Å². The van der Waals surface area contributed by atoms with Crippen LogP contribution in [0.25, 0.3) is 0 Å². The number of hydrogen-bond acceptors (Lipinski definition) is 5. The number of thiol groups is 1. The number of benzene rings is 2. The Kier molecular flexibility index (Phi) is 7.00. The van der Waals surface area contributed by atoms with E-state index >= 15 is 0 Å². The van der Waals surface area contributed by atoms with Crippen LogP contribution in [0.4, 0.5) is 5.69 Å². The first-order valence-corrected chi connectivity index (χ1v) is 12.3. The zero-order chi connectivity index (χ0) is 23.7. The fraction of sp³-hybridized carbons (Fsp3) is 0.480. The van der Waals surface area contributed by atoms with Crippen molar-refractivity contribution in [2.75, 3.05) is 17.8 Å². The number of aryl methyl sites for hydroxylation is 1. The minimum absolute atomic E-state index is 0.0520. The molecule has 174 valence electrons. The number of amides is 1. The Morgan fingerprint density at radius 2 is 1.84 bits per heavy atom. The highest BCUT2D eigenvalue weighted by Crippen LogP contribution is 2.54. The molecule has 0 spiro atoms. The Hall–Kier alpha value is -2.38. The van der Waals surface area contributed by atoms with Crippen LogP contribution >= 0.6 is 0 Å². The normalized spacial score (nSPS) is 21.3. The molecule has 1 saturated carbocycles. The van der Waals surface area contributed by atoms with Crippen LogP contribution in [0.15, 0.2) is 42.5 Å². The predicted octanol–water partition coefficient (Wildman–Crippen LogP) is 3.40. The molecule has 0 aromatic heterocycles. The van der Waals surface area contributed by atoms with E-state index in [9.17, 15) is 18.3 Å². The van der Waals surface area contributed by atoms with Gasteiger partial charge in [0.2, 0.25) is 5.91 Å². The molecule has 7 heteroatoms. The predicted molar refractivity (Wildman–Crippen MR) is 129 cm³/mol. The van der Waals surface area contributed by atoms with Crippen molar-refractivity contribution in [1.82, 2.24) is 5.32 Å². The lowest BCUT2D eigenvalue weighted by Gasteiger charge is -2.22. The highest BCUT2D eigenvalue weighted by Gasteiger charge is 2.59. The van der Waals surface area contributed by atoms with Gasteiger partial charge in [0.15, 0.2) is 10.7 Å². The van der Waals surface area contributed by atoms with Crippen molar-refractivity contribution in [3.05, 3.63) is 64.7 Å². The second-order valence-electron chi connectivity index (χ2n) is 9.87. The molecule has 2 unspecified atom stereocenters. The standard InChI is InChI=1S/C25H34N2O4S/c1-16-12-18(6-11-22(16)26-15-32(30)31)17(2)27-23(29)21-13-25(21,14-28)20-9-7-19(8-10-20)24(3,4)5/h6-12,17,21,26,28,32H,13-15H2,1-5H3,(H,27,29)/t17-,21?,25?/m1/s1. The average molecular weight is 459 g/mol. The molecule has 3 rings (SSSR count). The molecule has 6 nitrogen and oxygen atoms in total. The van der Waals surface area contributed by atoms with Crippen LogP contribution in [-0.2, 0) is 26.3 Å². The Labute approximate surface area is 192 Å². The fourth-order valence-electron chi connectivity index (χ4n) is 4.24. The topological polar surface area (TPSA) is 95.5 Å². The lowest BCUT2D eigenvalue weighted by Crippen LogP contribution is -2.32. The number of anilines is 1. The summed E-state index contributed by atoms with van der Waals surface area (Å²) in [5.74, 6) is -0.427. The number of aliphatic hydroxyl groups is 1. The molecule has 2 aromatic rings. The molecule has 1 aliphatic rings. The van der Waals surface area contributed by atoms with E-state index in [2.05, 4.69) is 43.5 Å². The molecule has 1 amide bonds. The monoisotopic (exact) mass is 458 g/mol. The largest absolute Gasteiger partial charge is 0.395 e. The number of carbonyl (C=O) groups is 1. The Morgan fingerprint density at radius 1 is 1.19 bits per heavy atom. The summed E-state index contributed by atoms with van der Waals surface area (Å²) < 4.78 is 21.6. The van der Waals surface area contributed by atoms with Gasteiger partial charge in [-0.2, -0.15) is 0 Å².